The number of carbonyl (C=O) groups is 2. The van der Waals surface area contributed by atoms with Crippen molar-refractivity contribution in [3.63, 3.8) is 0 Å². The van der Waals surface area contributed by atoms with Crippen LogP contribution in [0, 0.1) is 0 Å². The van der Waals surface area contributed by atoms with Gasteiger partial charge in [-0.1, -0.05) is 0 Å². The second-order valence-corrected chi connectivity index (χ2v) is 4.75. The SMILES string of the molecule is CC1Oc2ccc(NC(=O)CCCCN)cc2NC1=O. The zero-order chi connectivity index (χ0) is 14.5. The fourth-order valence-corrected chi connectivity index (χ4v) is 1.94. The molecular formula is C14H19N3O3. The molecule has 0 fully saturated rings. The maximum absolute atomic E-state index is 11.7. The van der Waals surface area contributed by atoms with Crippen LogP contribution in [0.2, 0.25) is 0 Å². The molecule has 6 heteroatoms. The van der Waals surface area contributed by atoms with Crippen LogP contribution in [0.1, 0.15) is 26.2 Å². The summed E-state index contributed by atoms with van der Waals surface area (Å²) in [6.07, 6.45) is 1.54. The Kier molecular flexibility index (Phi) is 4.57. The largest absolute Gasteiger partial charge is 0.479 e. The Labute approximate surface area is 117 Å². The average Bonchev–Trinajstić information content (AvgIpc) is 2.41. The smallest absolute Gasteiger partial charge is 0.265 e. The first-order valence-electron chi connectivity index (χ1n) is 6.71. The van der Waals surface area contributed by atoms with E-state index in [-0.39, 0.29) is 11.8 Å². The number of carbonyl (C=O) groups excluding carboxylic acids is 2. The van der Waals surface area contributed by atoms with Gasteiger partial charge in [0, 0.05) is 12.1 Å². The van der Waals surface area contributed by atoms with Crippen LogP contribution in [0.4, 0.5) is 11.4 Å². The van der Waals surface area contributed by atoms with E-state index >= 15 is 0 Å². The Morgan fingerprint density at radius 3 is 3.00 bits per heavy atom. The average molecular weight is 277 g/mol. The molecule has 0 spiro atoms. The van der Waals surface area contributed by atoms with Crippen molar-refractivity contribution in [3.05, 3.63) is 18.2 Å². The van der Waals surface area contributed by atoms with E-state index in [0.717, 1.165) is 12.8 Å². The lowest BCUT2D eigenvalue weighted by atomic mass is 10.2. The molecule has 1 aliphatic rings. The molecule has 1 aromatic carbocycles. The first-order chi connectivity index (χ1) is 9.60. The third-order valence-electron chi connectivity index (χ3n) is 3.05. The molecule has 0 bridgehead atoms. The van der Waals surface area contributed by atoms with Gasteiger partial charge < -0.3 is 21.1 Å². The summed E-state index contributed by atoms with van der Waals surface area (Å²) in [5.74, 6) is 0.358. The number of nitrogens with one attached hydrogen (secondary N) is 2. The Hall–Kier alpha value is -2.08. The molecule has 2 amide bonds. The van der Waals surface area contributed by atoms with E-state index in [1.165, 1.54) is 0 Å². The molecule has 1 atom stereocenters. The van der Waals surface area contributed by atoms with Gasteiger partial charge in [0.15, 0.2) is 6.10 Å². The zero-order valence-electron chi connectivity index (χ0n) is 11.4. The van der Waals surface area contributed by atoms with Crippen LogP contribution < -0.4 is 21.1 Å². The lowest BCUT2D eigenvalue weighted by molar-refractivity contribution is -0.122. The number of nitrogens with two attached hydrogens (primary N) is 1. The molecule has 1 aliphatic heterocycles. The highest BCUT2D eigenvalue weighted by atomic mass is 16.5. The summed E-state index contributed by atoms with van der Waals surface area (Å²) in [6, 6.07) is 5.19. The number of rotatable bonds is 5. The maximum atomic E-state index is 11.7. The summed E-state index contributed by atoms with van der Waals surface area (Å²) in [5.41, 5.74) is 6.60. The van der Waals surface area contributed by atoms with Gasteiger partial charge in [0.05, 0.1) is 5.69 Å². The first kappa shape index (κ1) is 14.3. The van der Waals surface area contributed by atoms with E-state index in [4.69, 9.17) is 10.5 Å². The first-order valence-corrected chi connectivity index (χ1v) is 6.71. The van der Waals surface area contributed by atoms with Crippen LogP contribution in [0.3, 0.4) is 0 Å². The van der Waals surface area contributed by atoms with Gasteiger partial charge in [0.1, 0.15) is 5.75 Å². The summed E-state index contributed by atoms with van der Waals surface area (Å²) < 4.78 is 5.44. The number of ether oxygens (including phenoxy) is 1. The molecule has 1 heterocycles. The van der Waals surface area contributed by atoms with Gasteiger partial charge in [-0.15, -0.1) is 0 Å². The highest BCUT2D eigenvalue weighted by molar-refractivity contribution is 5.99. The topological polar surface area (TPSA) is 93.4 Å². The van der Waals surface area contributed by atoms with Crippen molar-refractivity contribution in [1.82, 2.24) is 0 Å². The molecule has 0 aromatic heterocycles. The lowest BCUT2D eigenvalue weighted by Gasteiger charge is -2.23. The molecule has 1 aromatic rings. The van der Waals surface area contributed by atoms with E-state index in [1.54, 1.807) is 25.1 Å². The normalized spacial score (nSPS) is 16.9. The minimum Gasteiger partial charge on any atom is -0.479 e. The molecule has 108 valence electrons. The molecule has 2 rings (SSSR count). The van der Waals surface area contributed by atoms with Crippen molar-refractivity contribution in [2.45, 2.75) is 32.3 Å². The third-order valence-corrected chi connectivity index (χ3v) is 3.05. The van der Waals surface area contributed by atoms with Crippen LogP contribution in [0.25, 0.3) is 0 Å². The van der Waals surface area contributed by atoms with Gasteiger partial charge in [-0.2, -0.15) is 0 Å². The number of amides is 2. The van der Waals surface area contributed by atoms with E-state index in [2.05, 4.69) is 10.6 Å². The maximum Gasteiger partial charge on any atom is 0.265 e. The molecule has 20 heavy (non-hydrogen) atoms. The van der Waals surface area contributed by atoms with Crippen LogP contribution in [-0.2, 0) is 9.59 Å². The fraction of sp³-hybridized carbons (Fsp3) is 0.429. The number of fused-ring (bicyclic) bond motifs is 1. The van der Waals surface area contributed by atoms with Crippen molar-refractivity contribution in [1.29, 1.82) is 0 Å². The van der Waals surface area contributed by atoms with E-state index < -0.39 is 6.10 Å². The quantitative estimate of drug-likeness (QED) is 0.710. The predicted octanol–water partition coefficient (Wildman–Crippen LogP) is 1.47. The summed E-state index contributed by atoms with van der Waals surface area (Å²) >= 11 is 0. The van der Waals surface area contributed by atoms with Crippen molar-refractivity contribution in [3.8, 4) is 5.75 Å². The molecule has 0 saturated heterocycles. The summed E-state index contributed by atoms with van der Waals surface area (Å²) in [5, 5.41) is 5.53. The van der Waals surface area contributed by atoms with Crippen LogP contribution in [-0.4, -0.2) is 24.5 Å². The zero-order valence-corrected chi connectivity index (χ0v) is 11.4. The van der Waals surface area contributed by atoms with Gasteiger partial charge in [0.25, 0.3) is 5.91 Å². The van der Waals surface area contributed by atoms with Gasteiger partial charge in [-0.25, -0.2) is 0 Å². The van der Waals surface area contributed by atoms with Crippen LogP contribution in [0.5, 0.6) is 5.75 Å². The highest BCUT2D eigenvalue weighted by Gasteiger charge is 2.23. The number of benzene rings is 1. The van der Waals surface area contributed by atoms with Gasteiger partial charge >= 0.3 is 0 Å². The van der Waals surface area contributed by atoms with Crippen LogP contribution >= 0.6 is 0 Å². The molecular weight excluding hydrogens is 258 g/mol. The number of anilines is 2. The van der Waals surface area contributed by atoms with E-state index in [1.807, 2.05) is 0 Å². The summed E-state index contributed by atoms with van der Waals surface area (Å²) in [7, 11) is 0. The molecule has 4 N–H and O–H groups in total. The Bertz CT molecular complexity index is 516. The molecule has 0 aliphatic carbocycles. The van der Waals surface area contributed by atoms with Crippen molar-refractivity contribution >= 4 is 23.2 Å². The van der Waals surface area contributed by atoms with Crippen LogP contribution in [0.15, 0.2) is 18.2 Å². The number of hydrogen-bond acceptors (Lipinski definition) is 4. The Morgan fingerprint density at radius 1 is 1.45 bits per heavy atom. The Balaban J connectivity index is 1.99. The second kappa shape index (κ2) is 6.38. The minimum atomic E-state index is -0.501. The fourth-order valence-electron chi connectivity index (χ4n) is 1.94. The van der Waals surface area contributed by atoms with Crippen molar-refractivity contribution in [2.75, 3.05) is 17.2 Å². The summed E-state index contributed by atoms with van der Waals surface area (Å²) in [4.78, 5) is 23.2. The van der Waals surface area contributed by atoms with E-state index in [0.29, 0.717) is 30.1 Å². The number of hydrogen-bond donors (Lipinski definition) is 3. The predicted molar refractivity (Wildman–Crippen MR) is 76.7 cm³/mol. The van der Waals surface area contributed by atoms with E-state index in [9.17, 15) is 9.59 Å². The van der Waals surface area contributed by atoms with Crippen molar-refractivity contribution < 1.29 is 14.3 Å². The monoisotopic (exact) mass is 277 g/mol. The van der Waals surface area contributed by atoms with Gasteiger partial charge in [-0.05, 0) is 44.5 Å². The molecule has 6 nitrogen and oxygen atoms in total. The standard InChI is InChI=1S/C14H19N3O3/c1-9-14(19)17-11-8-10(5-6-12(11)20-9)16-13(18)4-2-3-7-15/h5-6,8-9H,2-4,7,15H2,1H3,(H,16,18)(H,17,19). The Morgan fingerprint density at radius 2 is 2.25 bits per heavy atom. The molecule has 1 unspecified atom stereocenters. The molecule has 0 saturated carbocycles. The highest BCUT2D eigenvalue weighted by Crippen LogP contribution is 2.32. The lowest BCUT2D eigenvalue weighted by Crippen LogP contribution is -2.34. The summed E-state index contributed by atoms with van der Waals surface area (Å²) in [6.45, 7) is 2.28. The third kappa shape index (κ3) is 3.48. The molecule has 0 radical (unpaired) electrons. The van der Waals surface area contributed by atoms with Crippen molar-refractivity contribution in [2.24, 2.45) is 5.73 Å². The van der Waals surface area contributed by atoms with Gasteiger partial charge in [-0.3, -0.25) is 9.59 Å². The minimum absolute atomic E-state index is 0.0603. The van der Waals surface area contributed by atoms with Gasteiger partial charge in [0.2, 0.25) is 5.91 Å². The number of unbranched alkanes of at least 4 members (excludes halogenated alkanes) is 1. The second-order valence-electron chi connectivity index (χ2n) is 4.75.